The van der Waals surface area contributed by atoms with Crippen LogP contribution in [0, 0.1) is 0 Å². The van der Waals surface area contributed by atoms with Gasteiger partial charge in [-0.1, -0.05) is 24.3 Å². The second kappa shape index (κ2) is 9.38. The number of methoxy groups -OCH3 is 1. The van der Waals surface area contributed by atoms with E-state index in [1.54, 1.807) is 61.7 Å². The summed E-state index contributed by atoms with van der Waals surface area (Å²) in [6, 6.07) is 16.6. The molecule has 0 saturated heterocycles. The molecule has 0 unspecified atom stereocenters. The molecule has 0 aliphatic carbocycles. The van der Waals surface area contributed by atoms with E-state index >= 15 is 0 Å². The lowest BCUT2D eigenvalue weighted by Crippen LogP contribution is -2.30. The first-order chi connectivity index (χ1) is 14.5. The zero-order chi connectivity index (χ0) is 21.5. The minimum absolute atomic E-state index is 0.00907. The van der Waals surface area contributed by atoms with Crippen LogP contribution in [0.2, 0.25) is 0 Å². The molecule has 3 aromatic rings. The fraction of sp³-hybridized carbons (Fsp3) is 0.0870. The maximum Gasteiger partial charge on any atom is 0.291 e. The molecule has 2 aromatic carbocycles. The summed E-state index contributed by atoms with van der Waals surface area (Å²) in [6.07, 6.45) is 2.90. The molecule has 0 bridgehead atoms. The van der Waals surface area contributed by atoms with Crippen LogP contribution in [0.15, 0.2) is 77.0 Å². The molecule has 2 N–H and O–H groups in total. The number of hydrogen-bond acceptors (Lipinski definition) is 5. The standard InChI is InChI=1S/C23H20N2O5/c1-15(26)17-5-3-6-18(14-17)24-22(27)20(25-23(28)21-7-4-12-30-21)13-16-8-10-19(29-2)11-9-16/h3-14H,1-2H3,(H,24,27)(H,25,28)/b20-13-. The Labute approximate surface area is 173 Å². The maximum absolute atomic E-state index is 12.9. The molecular formula is C23H20N2O5. The smallest absolute Gasteiger partial charge is 0.291 e. The molecule has 0 fully saturated rings. The van der Waals surface area contributed by atoms with Crippen LogP contribution in [0.3, 0.4) is 0 Å². The number of furan rings is 1. The highest BCUT2D eigenvalue weighted by Crippen LogP contribution is 2.16. The Morgan fingerprint density at radius 3 is 2.40 bits per heavy atom. The number of carbonyl (C=O) groups excluding carboxylic acids is 3. The average molecular weight is 404 g/mol. The highest BCUT2D eigenvalue weighted by Gasteiger charge is 2.17. The highest BCUT2D eigenvalue weighted by molar-refractivity contribution is 6.10. The third-order valence-electron chi connectivity index (χ3n) is 4.19. The van der Waals surface area contributed by atoms with Gasteiger partial charge in [-0.3, -0.25) is 14.4 Å². The Morgan fingerprint density at radius 1 is 1.00 bits per heavy atom. The number of ketones is 1. The average Bonchev–Trinajstić information content (AvgIpc) is 3.29. The summed E-state index contributed by atoms with van der Waals surface area (Å²) < 4.78 is 10.2. The lowest BCUT2D eigenvalue weighted by atomic mass is 10.1. The molecule has 0 aliphatic rings. The van der Waals surface area contributed by atoms with E-state index < -0.39 is 11.8 Å². The van der Waals surface area contributed by atoms with Crippen LogP contribution < -0.4 is 15.4 Å². The summed E-state index contributed by atoms with van der Waals surface area (Å²) in [4.78, 5) is 36.9. The topological polar surface area (TPSA) is 97.6 Å². The molecule has 7 nitrogen and oxygen atoms in total. The second-order valence-electron chi connectivity index (χ2n) is 6.35. The molecule has 1 aromatic heterocycles. The first-order valence-electron chi connectivity index (χ1n) is 9.09. The van der Waals surface area contributed by atoms with E-state index in [2.05, 4.69) is 10.6 Å². The number of carbonyl (C=O) groups is 3. The lowest BCUT2D eigenvalue weighted by Gasteiger charge is -2.11. The van der Waals surface area contributed by atoms with Crippen LogP contribution >= 0.6 is 0 Å². The number of amides is 2. The van der Waals surface area contributed by atoms with Gasteiger partial charge in [0.1, 0.15) is 11.4 Å². The molecule has 0 saturated carbocycles. The van der Waals surface area contributed by atoms with Gasteiger partial charge in [0, 0.05) is 11.3 Å². The molecule has 0 aliphatic heterocycles. The fourth-order valence-electron chi connectivity index (χ4n) is 2.63. The van der Waals surface area contributed by atoms with E-state index in [-0.39, 0.29) is 17.2 Å². The van der Waals surface area contributed by atoms with Crippen LogP contribution in [0.1, 0.15) is 33.4 Å². The van der Waals surface area contributed by atoms with E-state index in [1.807, 2.05) is 0 Å². The zero-order valence-electron chi connectivity index (χ0n) is 16.5. The molecule has 0 spiro atoms. The Morgan fingerprint density at radius 2 is 1.77 bits per heavy atom. The van der Waals surface area contributed by atoms with Crippen molar-refractivity contribution in [1.82, 2.24) is 5.32 Å². The number of benzene rings is 2. The van der Waals surface area contributed by atoms with E-state index in [0.717, 1.165) is 0 Å². The van der Waals surface area contributed by atoms with Crippen molar-refractivity contribution in [2.75, 3.05) is 12.4 Å². The van der Waals surface area contributed by atoms with Crippen molar-refractivity contribution < 1.29 is 23.5 Å². The molecule has 0 radical (unpaired) electrons. The summed E-state index contributed by atoms with van der Waals surface area (Å²) in [5.74, 6) is -0.495. The SMILES string of the molecule is COc1ccc(/C=C(\NC(=O)c2ccco2)C(=O)Nc2cccc(C(C)=O)c2)cc1. The van der Waals surface area contributed by atoms with Gasteiger partial charge in [0.05, 0.1) is 13.4 Å². The van der Waals surface area contributed by atoms with Crippen LogP contribution in [0.4, 0.5) is 5.69 Å². The third-order valence-corrected chi connectivity index (χ3v) is 4.19. The summed E-state index contributed by atoms with van der Waals surface area (Å²) in [5.41, 5.74) is 1.58. The van der Waals surface area contributed by atoms with Crippen molar-refractivity contribution in [3.05, 3.63) is 89.5 Å². The molecule has 0 atom stereocenters. The Bertz CT molecular complexity index is 1080. The van der Waals surface area contributed by atoms with Gasteiger partial charge in [-0.15, -0.1) is 0 Å². The van der Waals surface area contributed by atoms with Gasteiger partial charge < -0.3 is 19.8 Å². The summed E-state index contributed by atoms with van der Waals surface area (Å²) in [6.45, 7) is 1.44. The number of ether oxygens (including phenoxy) is 1. The zero-order valence-corrected chi connectivity index (χ0v) is 16.5. The van der Waals surface area contributed by atoms with Crippen molar-refractivity contribution in [1.29, 1.82) is 0 Å². The molecule has 7 heteroatoms. The Balaban J connectivity index is 1.88. The minimum atomic E-state index is -0.563. The first-order valence-corrected chi connectivity index (χ1v) is 9.09. The predicted molar refractivity (Wildman–Crippen MR) is 112 cm³/mol. The monoisotopic (exact) mass is 404 g/mol. The van der Waals surface area contributed by atoms with Gasteiger partial charge >= 0.3 is 0 Å². The second-order valence-corrected chi connectivity index (χ2v) is 6.35. The van der Waals surface area contributed by atoms with E-state index in [9.17, 15) is 14.4 Å². The van der Waals surface area contributed by atoms with Crippen LogP contribution in [0.25, 0.3) is 6.08 Å². The van der Waals surface area contributed by atoms with Gasteiger partial charge in [0.2, 0.25) is 0 Å². The summed E-state index contributed by atoms with van der Waals surface area (Å²) >= 11 is 0. The van der Waals surface area contributed by atoms with Gasteiger partial charge in [-0.2, -0.15) is 0 Å². The van der Waals surface area contributed by atoms with Crippen molar-refractivity contribution in [3.63, 3.8) is 0 Å². The normalized spacial score (nSPS) is 10.9. The number of anilines is 1. The molecule has 152 valence electrons. The van der Waals surface area contributed by atoms with Crippen molar-refractivity contribution in [2.24, 2.45) is 0 Å². The number of Topliss-reactive ketones (excluding diaryl/α,β-unsaturated/α-hetero) is 1. The van der Waals surface area contributed by atoms with E-state index in [1.165, 1.54) is 25.3 Å². The van der Waals surface area contributed by atoms with Gasteiger partial charge in [0.25, 0.3) is 11.8 Å². The molecule has 30 heavy (non-hydrogen) atoms. The molecule has 3 rings (SSSR count). The van der Waals surface area contributed by atoms with E-state index in [0.29, 0.717) is 22.6 Å². The van der Waals surface area contributed by atoms with Crippen molar-refractivity contribution in [3.8, 4) is 5.75 Å². The number of rotatable bonds is 7. The molecular weight excluding hydrogens is 384 g/mol. The Kier molecular flexibility index (Phi) is 6.44. The van der Waals surface area contributed by atoms with Crippen LogP contribution in [0.5, 0.6) is 5.75 Å². The number of nitrogens with one attached hydrogen (secondary N) is 2. The highest BCUT2D eigenvalue weighted by atomic mass is 16.5. The van der Waals surface area contributed by atoms with E-state index in [4.69, 9.17) is 9.15 Å². The number of hydrogen-bond donors (Lipinski definition) is 2. The predicted octanol–water partition coefficient (Wildman–Crippen LogP) is 3.90. The van der Waals surface area contributed by atoms with Gasteiger partial charge in [-0.25, -0.2) is 0 Å². The van der Waals surface area contributed by atoms with Crippen LogP contribution in [-0.2, 0) is 4.79 Å². The van der Waals surface area contributed by atoms with Crippen molar-refractivity contribution in [2.45, 2.75) is 6.92 Å². The minimum Gasteiger partial charge on any atom is -0.497 e. The fourth-order valence-corrected chi connectivity index (χ4v) is 2.63. The molecule has 2 amide bonds. The Hall–Kier alpha value is -4.13. The van der Waals surface area contributed by atoms with Gasteiger partial charge in [-0.05, 0) is 55.0 Å². The van der Waals surface area contributed by atoms with Crippen LogP contribution in [-0.4, -0.2) is 24.7 Å². The third kappa shape index (κ3) is 5.23. The quantitative estimate of drug-likeness (QED) is 0.460. The largest absolute Gasteiger partial charge is 0.497 e. The maximum atomic E-state index is 12.9. The summed E-state index contributed by atoms with van der Waals surface area (Å²) in [5, 5.41) is 5.27. The summed E-state index contributed by atoms with van der Waals surface area (Å²) in [7, 11) is 1.56. The first kappa shape index (κ1) is 20.6. The van der Waals surface area contributed by atoms with Gasteiger partial charge in [0.15, 0.2) is 11.5 Å². The van der Waals surface area contributed by atoms with Crippen molar-refractivity contribution >= 4 is 29.4 Å². The lowest BCUT2D eigenvalue weighted by molar-refractivity contribution is -0.113. The molecule has 1 heterocycles.